The van der Waals surface area contributed by atoms with Crippen LogP contribution in [0.5, 0.6) is 0 Å². The molecule has 3 aromatic carbocycles. The Morgan fingerprint density at radius 1 is 0.724 bits per heavy atom. The molecule has 0 aliphatic heterocycles. The van der Waals surface area contributed by atoms with Crippen molar-refractivity contribution in [3.63, 3.8) is 0 Å². The van der Waals surface area contributed by atoms with Gasteiger partial charge in [0.1, 0.15) is 23.2 Å². The maximum Gasteiger partial charge on any atom is 0.116 e. The minimum Gasteiger partial charge on any atom is -0.0811 e. The summed E-state index contributed by atoms with van der Waals surface area (Å²) >= 11 is 0. The third kappa shape index (κ3) is 3.01. The van der Waals surface area contributed by atoms with Crippen LogP contribution < -0.4 is 15.9 Å². The molecule has 29 heavy (non-hydrogen) atoms. The third-order valence-electron chi connectivity index (χ3n) is 7.59. The minimum atomic E-state index is -1.76. The average molecular weight is 398 g/mol. The van der Waals surface area contributed by atoms with Crippen molar-refractivity contribution < 1.29 is 0 Å². The number of hydrogen-bond donors (Lipinski definition) is 0. The predicted molar refractivity (Wildman–Crippen MR) is 128 cm³/mol. The van der Waals surface area contributed by atoms with Crippen LogP contribution in [0.25, 0.3) is 0 Å². The van der Waals surface area contributed by atoms with Gasteiger partial charge in [-0.3, -0.25) is 0 Å². The van der Waals surface area contributed by atoms with Gasteiger partial charge in [0, 0.05) is 0 Å². The van der Waals surface area contributed by atoms with E-state index in [2.05, 4.69) is 111 Å². The van der Waals surface area contributed by atoms with Crippen molar-refractivity contribution in [3.05, 3.63) is 103 Å². The third-order valence-corrected chi connectivity index (χ3v) is 12.0. The molecule has 146 valence electrons. The van der Waals surface area contributed by atoms with E-state index in [4.69, 9.17) is 0 Å². The lowest BCUT2D eigenvalue weighted by Crippen LogP contribution is -2.49. The first-order valence-corrected chi connectivity index (χ1v) is 12.8. The highest BCUT2D eigenvalue weighted by Crippen LogP contribution is 2.64. The van der Waals surface area contributed by atoms with Crippen molar-refractivity contribution in [2.75, 3.05) is 6.16 Å². The molecule has 2 unspecified atom stereocenters. The molecule has 1 saturated carbocycles. The summed E-state index contributed by atoms with van der Waals surface area (Å²) in [5.41, 5.74) is 2.17. The van der Waals surface area contributed by atoms with E-state index in [-0.39, 0.29) is 0 Å². The van der Waals surface area contributed by atoms with Gasteiger partial charge in [-0.2, -0.15) is 0 Å². The quantitative estimate of drug-likeness (QED) is 0.367. The van der Waals surface area contributed by atoms with Gasteiger partial charge in [0.25, 0.3) is 0 Å². The van der Waals surface area contributed by atoms with Crippen LogP contribution in [0.3, 0.4) is 0 Å². The SMILES string of the molecule is CC1(C)C2CC=C(C[P+](c3ccccc3)(c3ccccc3)c3ccccc3)C1C2. The Bertz CT molecular complexity index is 905. The molecule has 0 radical (unpaired) electrons. The zero-order valence-corrected chi connectivity index (χ0v) is 18.4. The Morgan fingerprint density at radius 2 is 1.17 bits per heavy atom. The van der Waals surface area contributed by atoms with Gasteiger partial charge < -0.3 is 0 Å². The fourth-order valence-corrected chi connectivity index (χ4v) is 10.1. The molecule has 0 N–H and O–H groups in total. The molecule has 6 rings (SSSR count). The van der Waals surface area contributed by atoms with Gasteiger partial charge in [-0.25, -0.2) is 0 Å². The summed E-state index contributed by atoms with van der Waals surface area (Å²) in [4.78, 5) is 0. The maximum atomic E-state index is 2.60. The summed E-state index contributed by atoms with van der Waals surface area (Å²) in [7, 11) is -1.76. The summed E-state index contributed by atoms with van der Waals surface area (Å²) < 4.78 is 0. The largest absolute Gasteiger partial charge is 0.116 e. The van der Waals surface area contributed by atoms with Gasteiger partial charge in [0.05, 0.1) is 6.16 Å². The van der Waals surface area contributed by atoms with E-state index >= 15 is 0 Å². The predicted octanol–water partition coefficient (Wildman–Crippen LogP) is 5.97. The highest BCUT2D eigenvalue weighted by molar-refractivity contribution is 7.95. The smallest absolute Gasteiger partial charge is 0.0811 e. The van der Waals surface area contributed by atoms with Gasteiger partial charge >= 0.3 is 0 Å². The molecule has 3 aromatic rings. The summed E-state index contributed by atoms with van der Waals surface area (Å²) in [5, 5.41) is 4.49. The van der Waals surface area contributed by atoms with Crippen LogP contribution in [0, 0.1) is 17.3 Å². The van der Waals surface area contributed by atoms with E-state index in [1.165, 1.54) is 34.9 Å². The molecule has 2 bridgehead atoms. The van der Waals surface area contributed by atoms with Crippen molar-refractivity contribution in [1.82, 2.24) is 0 Å². The number of allylic oxidation sites excluding steroid dienone is 2. The van der Waals surface area contributed by atoms with Crippen LogP contribution in [0.15, 0.2) is 103 Å². The fraction of sp³-hybridized carbons (Fsp3) is 0.286. The zero-order chi connectivity index (χ0) is 19.9. The normalized spacial score (nSPS) is 22.5. The lowest BCUT2D eigenvalue weighted by molar-refractivity contribution is -0.00545. The second kappa shape index (κ2) is 7.26. The van der Waals surface area contributed by atoms with Crippen LogP contribution in [-0.4, -0.2) is 6.16 Å². The average Bonchev–Trinajstić information content (AvgIpc) is 2.79. The lowest BCUT2D eigenvalue weighted by Gasteiger charge is -2.56. The molecule has 0 heterocycles. The maximum absolute atomic E-state index is 2.60. The highest BCUT2D eigenvalue weighted by atomic mass is 31.2. The van der Waals surface area contributed by atoms with Crippen molar-refractivity contribution in [3.8, 4) is 0 Å². The van der Waals surface area contributed by atoms with E-state index in [9.17, 15) is 0 Å². The van der Waals surface area contributed by atoms with Crippen LogP contribution >= 0.6 is 7.26 Å². The summed E-state index contributed by atoms with van der Waals surface area (Å²) in [5.74, 6) is 1.63. The van der Waals surface area contributed by atoms with Gasteiger partial charge in [-0.15, -0.1) is 0 Å². The Kier molecular flexibility index (Phi) is 4.72. The first kappa shape index (κ1) is 18.8. The molecule has 2 atom stereocenters. The number of rotatable bonds is 5. The summed E-state index contributed by atoms with van der Waals surface area (Å²) in [6, 6.07) is 33.9. The molecule has 3 aliphatic rings. The molecule has 1 heteroatoms. The van der Waals surface area contributed by atoms with E-state index in [0.29, 0.717) is 5.41 Å². The highest BCUT2D eigenvalue weighted by Gasteiger charge is 2.55. The molecule has 1 fully saturated rings. The molecular formula is C28H30P+. The first-order chi connectivity index (χ1) is 14.1. The van der Waals surface area contributed by atoms with Gasteiger partial charge in [0.15, 0.2) is 0 Å². The van der Waals surface area contributed by atoms with Gasteiger partial charge in [-0.1, -0.05) is 74.5 Å². The molecule has 3 aliphatic carbocycles. The first-order valence-electron chi connectivity index (χ1n) is 10.9. The van der Waals surface area contributed by atoms with Crippen LogP contribution in [-0.2, 0) is 0 Å². The Labute approximate surface area is 176 Å². The van der Waals surface area contributed by atoms with Crippen LogP contribution in [0.1, 0.15) is 26.7 Å². The van der Waals surface area contributed by atoms with Crippen LogP contribution in [0.2, 0.25) is 0 Å². The van der Waals surface area contributed by atoms with Crippen molar-refractivity contribution in [1.29, 1.82) is 0 Å². The zero-order valence-electron chi connectivity index (χ0n) is 17.5. The minimum absolute atomic E-state index is 0.462. The Balaban J connectivity index is 1.72. The molecule has 0 aromatic heterocycles. The molecule has 0 nitrogen and oxygen atoms in total. The molecule has 0 spiro atoms. The topological polar surface area (TPSA) is 0 Å². The second-order valence-electron chi connectivity index (χ2n) is 9.30. The molecular weight excluding hydrogens is 367 g/mol. The summed E-state index contributed by atoms with van der Waals surface area (Å²) in [6.45, 7) is 4.99. The molecule has 0 amide bonds. The fourth-order valence-electron chi connectivity index (χ4n) is 5.70. The Morgan fingerprint density at radius 3 is 1.55 bits per heavy atom. The van der Waals surface area contributed by atoms with Gasteiger partial charge in [0.2, 0.25) is 0 Å². The summed E-state index contributed by atoms with van der Waals surface area (Å²) in [6.07, 6.45) is 6.42. The lowest BCUT2D eigenvalue weighted by atomic mass is 9.49. The van der Waals surface area contributed by atoms with Crippen molar-refractivity contribution in [2.24, 2.45) is 17.3 Å². The van der Waals surface area contributed by atoms with Crippen molar-refractivity contribution >= 4 is 23.2 Å². The van der Waals surface area contributed by atoms with E-state index < -0.39 is 7.26 Å². The Hall–Kier alpha value is -2.17. The number of fused-ring (bicyclic) bond motifs is 1. The van der Waals surface area contributed by atoms with Gasteiger partial charge in [-0.05, 0) is 72.1 Å². The van der Waals surface area contributed by atoms with E-state index in [1.54, 1.807) is 5.57 Å². The number of benzene rings is 3. The second-order valence-corrected chi connectivity index (χ2v) is 12.8. The monoisotopic (exact) mass is 397 g/mol. The van der Waals surface area contributed by atoms with Crippen LogP contribution in [0.4, 0.5) is 0 Å². The van der Waals surface area contributed by atoms with E-state index in [0.717, 1.165) is 11.8 Å². The number of hydrogen-bond acceptors (Lipinski definition) is 0. The standard InChI is InChI=1S/C28H30P/c1-28(2)23-19-18-22(27(28)20-23)21-29(24-12-6-3-7-13-24,25-14-8-4-9-15-25)26-16-10-5-11-17-26/h3-18,23,27H,19-21H2,1-2H3/q+1. The van der Waals surface area contributed by atoms with Crippen molar-refractivity contribution in [2.45, 2.75) is 26.7 Å². The van der Waals surface area contributed by atoms with E-state index in [1.807, 2.05) is 0 Å². The molecule has 0 saturated heterocycles.